The van der Waals surface area contributed by atoms with Crippen molar-refractivity contribution in [3.63, 3.8) is 0 Å². The average Bonchev–Trinajstić information content (AvgIpc) is 3.50. The zero-order valence-corrected chi connectivity index (χ0v) is 19.3. The minimum Gasteiger partial charge on any atom is -0.351 e. The highest BCUT2D eigenvalue weighted by atomic mass is 32.1. The number of nitrogens with zero attached hydrogens (tertiary/aromatic N) is 1. The number of hydrogen-bond donors (Lipinski definition) is 1. The normalized spacial score (nSPS) is 14.8. The highest BCUT2D eigenvalue weighted by Gasteiger charge is 2.33. The second kappa shape index (κ2) is 10.6. The van der Waals surface area contributed by atoms with E-state index in [1.54, 1.807) is 16.2 Å². The van der Waals surface area contributed by atoms with Crippen LogP contribution in [0.5, 0.6) is 0 Å². The van der Waals surface area contributed by atoms with Gasteiger partial charge in [0, 0.05) is 17.5 Å². The lowest BCUT2D eigenvalue weighted by atomic mass is 10.0. The van der Waals surface area contributed by atoms with Crippen LogP contribution in [0.2, 0.25) is 0 Å². The summed E-state index contributed by atoms with van der Waals surface area (Å²) in [6, 6.07) is 21.4. The quantitative estimate of drug-likeness (QED) is 0.502. The molecule has 1 saturated carbocycles. The van der Waals surface area contributed by atoms with E-state index >= 15 is 0 Å². The molecule has 32 heavy (non-hydrogen) atoms. The van der Waals surface area contributed by atoms with Crippen molar-refractivity contribution in [3.8, 4) is 0 Å². The summed E-state index contributed by atoms with van der Waals surface area (Å²) in [4.78, 5) is 30.0. The number of thiophene rings is 1. The van der Waals surface area contributed by atoms with Gasteiger partial charge in [0.25, 0.3) is 0 Å². The Morgan fingerprint density at radius 3 is 2.38 bits per heavy atom. The third-order valence-electron chi connectivity index (χ3n) is 6.08. The van der Waals surface area contributed by atoms with Crippen molar-refractivity contribution in [2.24, 2.45) is 0 Å². The van der Waals surface area contributed by atoms with E-state index in [0.29, 0.717) is 13.0 Å². The Balaban J connectivity index is 1.68. The Bertz CT molecular complexity index is 1010. The summed E-state index contributed by atoms with van der Waals surface area (Å²) in [6.07, 6.45) is 4.60. The van der Waals surface area contributed by atoms with Crippen molar-refractivity contribution in [2.45, 2.75) is 57.7 Å². The molecule has 1 heterocycles. The first-order chi connectivity index (χ1) is 15.6. The van der Waals surface area contributed by atoms with Gasteiger partial charge in [-0.25, -0.2) is 0 Å². The van der Waals surface area contributed by atoms with E-state index in [-0.39, 0.29) is 17.9 Å². The summed E-state index contributed by atoms with van der Waals surface area (Å²) in [6.45, 7) is 2.42. The maximum absolute atomic E-state index is 13.6. The molecule has 1 atom stereocenters. The number of carbonyl (C=O) groups excluding carboxylic acids is 2. The lowest BCUT2D eigenvalue weighted by Gasteiger charge is -2.32. The predicted molar refractivity (Wildman–Crippen MR) is 129 cm³/mol. The Hall–Kier alpha value is -2.92. The van der Waals surface area contributed by atoms with Gasteiger partial charge in [0.05, 0.1) is 6.42 Å². The fourth-order valence-electron chi connectivity index (χ4n) is 4.34. The third-order valence-corrected chi connectivity index (χ3v) is 6.95. The number of rotatable bonds is 8. The molecule has 5 heteroatoms. The average molecular weight is 447 g/mol. The number of hydrogen-bond acceptors (Lipinski definition) is 3. The summed E-state index contributed by atoms with van der Waals surface area (Å²) in [5.41, 5.74) is 2.99. The Kier molecular flexibility index (Phi) is 7.38. The zero-order valence-electron chi connectivity index (χ0n) is 18.5. The second-order valence-corrected chi connectivity index (χ2v) is 9.60. The van der Waals surface area contributed by atoms with Gasteiger partial charge in [0.2, 0.25) is 11.8 Å². The van der Waals surface area contributed by atoms with Gasteiger partial charge in [-0.3, -0.25) is 9.59 Å². The van der Waals surface area contributed by atoms with E-state index in [1.807, 2.05) is 79.0 Å². The van der Waals surface area contributed by atoms with E-state index in [0.717, 1.165) is 47.3 Å². The Morgan fingerprint density at radius 2 is 1.72 bits per heavy atom. The van der Waals surface area contributed by atoms with Gasteiger partial charge in [-0.2, -0.15) is 0 Å². The molecule has 2 amide bonds. The van der Waals surface area contributed by atoms with Crippen LogP contribution in [0.25, 0.3) is 0 Å². The number of amides is 2. The molecule has 1 aliphatic carbocycles. The maximum Gasteiger partial charge on any atom is 0.247 e. The molecule has 1 unspecified atom stereocenters. The molecular weight excluding hydrogens is 416 g/mol. The third kappa shape index (κ3) is 5.65. The first-order valence-electron chi connectivity index (χ1n) is 11.3. The summed E-state index contributed by atoms with van der Waals surface area (Å²) in [7, 11) is 0. The highest BCUT2D eigenvalue weighted by Crippen LogP contribution is 2.27. The van der Waals surface area contributed by atoms with Gasteiger partial charge in [-0.1, -0.05) is 79.1 Å². The van der Waals surface area contributed by atoms with E-state index in [4.69, 9.17) is 0 Å². The van der Waals surface area contributed by atoms with Crippen LogP contribution in [-0.2, 0) is 22.6 Å². The lowest BCUT2D eigenvalue weighted by Crippen LogP contribution is -2.46. The molecule has 3 aromatic rings. The molecule has 166 valence electrons. The van der Waals surface area contributed by atoms with Crippen molar-refractivity contribution in [1.82, 2.24) is 10.2 Å². The molecule has 1 aromatic heterocycles. The molecule has 0 aliphatic heterocycles. The van der Waals surface area contributed by atoms with E-state index in [1.165, 1.54) is 0 Å². The lowest BCUT2D eigenvalue weighted by molar-refractivity contribution is -0.141. The number of aryl methyl sites for hydroxylation is 1. The SMILES string of the molecule is Cc1ccc(C(C(=O)NC2CCCC2)N(Cc2ccccc2)C(=O)Cc2cccs2)cc1. The summed E-state index contributed by atoms with van der Waals surface area (Å²) >= 11 is 1.57. The van der Waals surface area contributed by atoms with Gasteiger partial charge in [0.15, 0.2) is 0 Å². The molecular formula is C27H30N2O2S. The maximum atomic E-state index is 13.6. The molecule has 1 aliphatic rings. The smallest absolute Gasteiger partial charge is 0.247 e. The second-order valence-electron chi connectivity index (χ2n) is 8.57. The molecule has 0 radical (unpaired) electrons. The van der Waals surface area contributed by atoms with Crippen molar-refractivity contribution in [1.29, 1.82) is 0 Å². The molecule has 4 rings (SSSR count). The summed E-state index contributed by atoms with van der Waals surface area (Å²) in [5.74, 6) is -0.125. The van der Waals surface area contributed by atoms with Crippen LogP contribution >= 0.6 is 11.3 Å². The van der Waals surface area contributed by atoms with Crippen LogP contribution in [0.1, 0.15) is 53.3 Å². The zero-order chi connectivity index (χ0) is 22.3. The van der Waals surface area contributed by atoms with Crippen molar-refractivity contribution >= 4 is 23.2 Å². The van der Waals surface area contributed by atoms with Gasteiger partial charge in [-0.15, -0.1) is 11.3 Å². The van der Waals surface area contributed by atoms with Crippen molar-refractivity contribution < 1.29 is 9.59 Å². The Labute approximate surface area is 194 Å². The van der Waals surface area contributed by atoms with E-state index < -0.39 is 6.04 Å². The summed E-state index contributed by atoms with van der Waals surface area (Å²) in [5, 5.41) is 5.22. The Morgan fingerprint density at radius 1 is 1.00 bits per heavy atom. The monoisotopic (exact) mass is 446 g/mol. The first-order valence-corrected chi connectivity index (χ1v) is 12.2. The fraction of sp³-hybridized carbons (Fsp3) is 0.333. The fourth-order valence-corrected chi connectivity index (χ4v) is 5.04. The van der Waals surface area contributed by atoms with Gasteiger partial charge in [0.1, 0.15) is 6.04 Å². The van der Waals surface area contributed by atoms with Crippen LogP contribution < -0.4 is 5.32 Å². The van der Waals surface area contributed by atoms with Crippen LogP contribution in [0, 0.1) is 6.92 Å². The van der Waals surface area contributed by atoms with Crippen LogP contribution in [-0.4, -0.2) is 22.8 Å². The standard InChI is InChI=1S/C27H30N2O2S/c1-20-13-15-22(16-14-20)26(27(31)28-23-10-5-6-11-23)29(19-21-8-3-2-4-9-21)25(30)18-24-12-7-17-32-24/h2-4,7-9,12-17,23,26H,5-6,10-11,18-19H2,1H3,(H,28,31). The van der Waals surface area contributed by atoms with Gasteiger partial charge in [-0.05, 0) is 42.3 Å². The van der Waals surface area contributed by atoms with Gasteiger partial charge < -0.3 is 10.2 Å². The van der Waals surface area contributed by atoms with Crippen LogP contribution in [0.3, 0.4) is 0 Å². The first kappa shape index (κ1) is 22.3. The number of carbonyl (C=O) groups is 2. The molecule has 2 aromatic carbocycles. The van der Waals surface area contributed by atoms with Gasteiger partial charge >= 0.3 is 0 Å². The molecule has 0 bridgehead atoms. The van der Waals surface area contributed by atoms with Crippen LogP contribution in [0.15, 0.2) is 72.1 Å². The minimum absolute atomic E-state index is 0.0385. The minimum atomic E-state index is -0.663. The van der Waals surface area contributed by atoms with Crippen LogP contribution in [0.4, 0.5) is 0 Å². The highest BCUT2D eigenvalue weighted by molar-refractivity contribution is 7.10. The van der Waals surface area contributed by atoms with E-state index in [9.17, 15) is 9.59 Å². The number of nitrogens with one attached hydrogen (secondary N) is 1. The van der Waals surface area contributed by atoms with Crippen molar-refractivity contribution in [2.75, 3.05) is 0 Å². The number of benzene rings is 2. The molecule has 0 saturated heterocycles. The largest absolute Gasteiger partial charge is 0.351 e. The summed E-state index contributed by atoms with van der Waals surface area (Å²) < 4.78 is 0. The molecule has 4 nitrogen and oxygen atoms in total. The molecule has 0 spiro atoms. The molecule has 1 fully saturated rings. The molecule has 1 N–H and O–H groups in total. The topological polar surface area (TPSA) is 49.4 Å². The predicted octanol–water partition coefficient (Wildman–Crippen LogP) is 5.43. The van der Waals surface area contributed by atoms with E-state index in [2.05, 4.69) is 5.32 Å². The van der Waals surface area contributed by atoms with Crippen molar-refractivity contribution in [3.05, 3.63) is 93.7 Å².